The standard InChI is InChI=1S/C17H30N2/c1-14(2)19(12-15-10-8-7-9-11-15)13-16(3,4)17(5,6)18/h7-11,14H,12-13,18H2,1-6H3. The van der Waals surface area contributed by atoms with Gasteiger partial charge in [0.05, 0.1) is 0 Å². The van der Waals surface area contributed by atoms with Crippen LogP contribution < -0.4 is 5.73 Å². The minimum absolute atomic E-state index is 0.0754. The molecule has 0 saturated heterocycles. The van der Waals surface area contributed by atoms with Crippen LogP contribution in [0.4, 0.5) is 0 Å². The van der Waals surface area contributed by atoms with Crippen molar-refractivity contribution in [3.8, 4) is 0 Å². The molecule has 0 amide bonds. The van der Waals surface area contributed by atoms with Crippen LogP contribution in [-0.4, -0.2) is 23.0 Å². The third-order valence-corrected chi connectivity index (χ3v) is 4.30. The van der Waals surface area contributed by atoms with Crippen LogP contribution >= 0.6 is 0 Å². The predicted octanol–water partition coefficient (Wildman–Crippen LogP) is 3.66. The average molecular weight is 262 g/mol. The normalized spacial score (nSPS) is 13.3. The second-order valence-electron chi connectivity index (χ2n) is 7.09. The molecule has 0 aliphatic heterocycles. The van der Waals surface area contributed by atoms with Gasteiger partial charge in [-0.05, 0) is 38.7 Å². The van der Waals surface area contributed by atoms with Crippen molar-refractivity contribution in [2.24, 2.45) is 11.1 Å². The molecule has 0 fully saturated rings. The molecule has 0 atom stereocenters. The summed E-state index contributed by atoms with van der Waals surface area (Å²) < 4.78 is 0. The molecule has 2 nitrogen and oxygen atoms in total. The van der Waals surface area contributed by atoms with E-state index in [1.807, 2.05) is 0 Å². The predicted molar refractivity (Wildman–Crippen MR) is 84.0 cm³/mol. The number of nitrogens with zero attached hydrogens (tertiary/aromatic N) is 1. The van der Waals surface area contributed by atoms with Crippen molar-refractivity contribution in [2.75, 3.05) is 6.54 Å². The van der Waals surface area contributed by atoms with Crippen molar-refractivity contribution in [1.82, 2.24) is 4.90 Å². The fourth-order valence-electron chi connectivity index (χ4n) is 1.95. The molecule has 0 unspecified atom stereocenters. The third kappa shape index (κ3) is 4.63. The molecular weight excluding hydrogens is 232 g/mol. The van der Waals surface area contributed by atoms with Gasteiger partial charge in [0.1, 0.15) is 0 Å². The van der Waals surface area contributed by atoms with Gasteiger partial charge < -0.3 is 5.73 Å². The summed E-state index contributed by atoms with van der Waals surface area (Å²) in [5.74, 6) is 0. The molecule has 0 bridgehead atoms. The Kier molecular flexibility index (Phi) is 5.17. The second-order valence-corrected chi connectivity index (χ2v) is 7.09. The lowest BCUT2D eigenvalue weighted by atomic mass is 9.74. The maximum absolute atomic E-state index is 6.33. The highest BCUT2D eigenvalue weighted by Crippen LogP contribution is 2.30. The van der Waals surface area contributed by atoms with Crippen LogP contribution in [0.1, 0.15) is 47.1 Å². The van der Waals surface area contributed by atoms with Gasteiger partial charge >= 0.3 is 0 Å². The van der Waals surface area contributed by atoms with E-state index in [-0.39, 0.29) is 11.0 Å². The lowest BCUT2D eigenvalue weighted by Crippen LogP contribution is -2.53. The summed E-state index contributed by atoms with van der Waals surface area (Å²) in [4.78, 5) is 2.50. The maximum atomic E-state index is 6.33. The van der Waals surface area contributed by atoms with Crippen LogP contribution in [0.3, 0.4) is 0 Å². The fraction of sp³-hybridized carbons (Fsp3) is 0.647. The number of hydrogen-bond donors (Lipinski definition) is 1. The number of nitrogens with two attached hydrogens (primary N) is 1. The Bertz CT molecular complexity index is 374. The molecule has 2 heteroatoms. The highest BCUT2D eigenvalue weighted by atomic mass is 15.2. The van der Waals surface area contributed by atoms with Gasteiger partial charge in [0.15, 0.2) is 0 Å². The molecule has 0 aliphatic carbocycles. The van der Waals surface area contributed by atoms with E-state index in [0.717, 1.165) is 13.1 Å². The first kappa shape index (κ1) is 16.2. The molecule has 108 valence electrons. The van der Waals surface area contributed by atoms with Crippen LogP contribution in [0.25, 0.3) is 0 Å². The summed E-state index contributed by atoms with van der Waals surface area (Å²) in [7, 11) is 0. The van der Waals surface area contributed by atoms with Crippen molar-refractivity contribution in [2.45, 2.75) is 59.7 Å². The van der Waals surface area contributed by atoms with Crippen LogP contribution in [0.15, 0.2) is 30.3 Å². The zero-order valence-corrected chi connectivity index (χ0v) is 13.4. The summed E-state index contributed by atoms with van der Waals surface area (Å²) in [6.07, 6.45) is 0. The molecule has 0 aliphatic rings. The molecule has 2 N–H and O–H groups in total. The van der Waals surface area contributed by atoms with Crippen molar-refractivity contribution in [3.63, 3.8) is 0 Å². The minimum Gasteiger partial charge on any atom is -0.325 e. The van der Waals surface area contributed by atoms with Gasteiger partial charge in [0.25, 0.3) is 0 Å². The van der Waals surface area contributed by atoms with E-state index in [1.54, 1.807) is 0 Å². The number of rotatable bonds is 6. The number of benzene rings is 1. The van der Waals surface area contributed by atoms with Gasteiger partial charge in [0.2, 0.25) is 0 Å². The SMILES string of the molecule is CC(C)N(Cc1ccccc1)CC(C)(C)C(C)(C)N. The van der Waals surface area contributed by atoms with Gasteiger partial charge in [0, 0.05) is 24.7 Å². The Morgan fingerprint density at radius 1 is 1.05 bits per heavy atom. The topological polar surface area (TPSA) is 29.3 Å². The van der Waals surface area contributed by atoms with E-state index < -0.39 is 0 Å². The summed E-state index contributed by atoms with van der Waals surface area (Å²) >= 11 is 0. The van der Waals surface area contributed by atoms with E-state index in [4.69, 9.17) is 5.73 Å². The first-order valence-electron chi connectivity index (χ1n) is 7.20. The third-order valence-electron chi connectivity index (χ3n) is 4.30. The Labute approximate surface area is 119 Å². The Morgan fingerprint density at radius 3 is 2.00 bits per heavy atom. The van der Waals surface area contributed by atoms with Crippen LogP contribution in [-0.2, 0) is 6.54 Å². The Balaban J connectivity index is 2.80. The monoisotopic (exact) mass is 262 g/mol. The van der Waals surface area contributed by atoms with Crippen molar-refractivity contribution >= 4 is 0 Å². The molecule has 0 aromatic heterocycles. The van der Waals surface area contributed by atoms with E-state index in [2.05, 4.69) is 76.8 Å². The minimum atomic E-state index is -0.184. The van der Waals surface area contributed by atoms with Gasteiger partial charge in [-0.1, -0.05) is 44.2 Å². The molecule has 19 heavy (non-hydrogen) atoms. The highest BCUT2D eigenvalue weighted by Gasteiger charge is 2.35. The first-order chi connectivity index (χ1) is 8.63. The average Bonchev–Trinajstić information content (AvgIpc) is 2.27. The van der Waals surface area contributed by atoms with Crippen LogP contribution in [0.5, 0.6) is 0 Å². The van der Waals surface area contributed by atoms with E-state index in [0.29, 0.717) is 6.04 Å². The molecular formula is C17H30N2. The van der Waals surface area contributed by atoms with Crippen molar-refractivity contribution in [3.05, 3.63) is 35.9 Å². The summed E-state index contributed by atoms with van der Waals surface area (Å²) in [5, 5.41) is 0. The van der Waals surface area contributed by atoms with Gasteiger partial charge in [-0.2, -0.15) is 0 Å². The summed E-state index contributed by atoms with van der Waals surface area (Å²) in [5.41, 5.74) is 7.58. The molecule has 1 aromatic rings. The lowest BCUT2D eigenvalue weighted by molar-refractivity contribution is 0.0872. The maximum Gasteiger partial charge on any atom is 0.0236 e. The second kappa shape index (κ2) is 6.06. The first-order valence-corrected chi connectivity index (χ1v) is 7.20. The summed E-state index contributed by atoms with van der Waals surface area (Å²) in [6, 6.07) is 11.2. The Morgan fingerprint density at radius 2 is 1.58 bits per heavy atom. The highest BCUT2D eigenvalue weighted by molar-refractivity contribution is 5.14. The van der Waals surface area contributed by atoms with Gasteiger partial charge in [-0.3, -0.25) is 4.90 Å². The van der Waals surface area contributed by atoms with Gasteiger partial charge in [-0.25, -0.2) is 0 Å². The molecule has 0 radical (unpaired) electrons. The zero-order valence-electron chi connectivity index (χ0n) is 13.4. The largest absolute Gasteiger partial charge is 0.325 e. The van der Waals surface area contributed by atoms with Crippen LogP contribution in [0, 0.1) is 5.41 Å². The smallest absolute Gasteiger partial charge is 0.0236 e. The van der Waals surface area contributed by atoms with E-state index in [9.17, 15) is 0 Å². The van der Waals surface area contributed by atoms with Crippen LogP contribution in [0.2, 0.25) is 0 Å². The molecule has 1 aromatic carbocycles. The molecule has 0 heterocycles. The van der Waals surface area contributed by atoms with Crippen molar-refractivity contribution < 1.29 is 0 Å². The zero-order chi connectivity index (χ0) is 14.7. The van der Waals surface area contributed by atoms with E-state index in [1.165, 1.54) is 5.56 Å². The van der Waals surface area contributed by atoms with E-state index >= 15 is 0 Å². The van der Waals surface area contributed by atoms with Gasteiger partial charge in [-0.15, -0.1) is 0 Å². The quantitative estimate of drug-likeness (QED) is 0.847. The summed E-state index contributed by atoms with van der Waals surface area (Å²) in [6.45, 7) is 15.2. The Hall–Kier alpha value is -0.860. The number of hydrogen-bond acceptors (Lipinski definition) is 2. The molecule has 1 rings (SSSR count). The van der Waals surface area contributed by atoms with Crippen molar-refractivity contribution in [1.29, 1.82) is 0 Å². The molecule has 0 spiro atoms. The lowest BCUT2D eigenvalue weighted by Gasteiger charge is -2.43. The molecule has 0 saturated carbocycles. The fourth-order valence-corrected chi connectivity index (χ4v) is 1.95.